The number of halogens is 1. The summed E-state index contributed by atoms with van der Waals surface area (Å²) in [5.74, 6) is 0.479. The molecule has 1 aliphatic carbocycles. The van der Waals surface area contributed by atoms with Crippen molar-refractivity contribution in [2.45, 2.75) is 30.6 Å². The van der Waals surface area contributed by atoms with Crippen LogP contribution in [0.5, 0.6) is 0 Å². The van der Waals surface area contributed by atoms with E-state index in [1.54, 1.807) is 40.5 Å². The third kappa shape index (κ3) is 4.59. The highest BCUT2D eigenvalue weighted by molar-refractivity contribution is 7.99. The molecule has 5 nitrogen and oxygen atoms in total. The molecule has 1 aromatic carbocycles. The van der Waals surface area contributed by atoms with E-state index < -0.39 is 0 Å². The predicted octanol–water partition coefficient (Wildman–Crippen LogP) is 4.79. The Bertz CT molecular complexity index is 998. The summed E-state index contributed by atoms with van der Waals surface area (Å²) in [6, 6.07) is 10.9. The number of benzene rings is 1. The van der Waals surface area contributed by atoms with Crippen molar-refractivity contribution in [1.82, 2.24) is 19.7 Å². The van der Waals surface area contributed by atoms with E-state index in [1.807, 2.05) is 22.1 Å². The van der Waals surface area contributed by atoms with Crippen LogP contribution >= 0.6 is 23.1 Å². The standard InChI is InChI=1S/C21H21FN4OS2/c1-2-11-25(13-16-6-5-12-28-16)19(27)14-29-21-24-23-20(26(21)15-9-10-15)17-7-3-4-8-18(17)22/h2-8,12,15H,1,9-11,13-14H2. The summed E-state index contributed by atoms with van der Waals surface area (Å²) >= 11 is 2.99. The summed E-state index contributed by atoms with van der Waals surface area (Å²) in [4.78, 5) is 15.7. The molecule has 0 radical (unpaired) electrons. The summed E-state index contributed by atoms with van der Waals surface area (Å²) in [5, 5.41) is 11.2. The van der Waals surface area contributed by atoms with Crippen molar-refractivity contribution in [1.29, 1.82) is 0 Å². The Balaban J connectivity index is 1.50. The van der Waals surface area contributed by atoms with Gasteiger partial charge in [0.1, 0.15) is 5.82 Å². The molecule has 4 rings (SSSR count). The Hall–Kier alpha value is -2.45. The highest BCUT2D eigenvalue weighted by Crippen LogP contribution is 2.41. The minimum atomic E-state index is -0.317. The fourth-order valence-electron chi connectivity index (χ4n) is 3.08. The normalized spacial score (nSPS) is 13.4. The first-order valence-corrected chi connectivity index (χ1v) is 11.3. The molecule has 0 atom stereocenters. The lowest BCUT2D eigenvalue weighted by atomic mass is 10.2. The van der Waals surface area contributed by atoms with Gasteiger partial charge >= 0.3 is 0 Å². The molecule has 1 saturated carbocycles. The molecule has 2 aromatic heterocycles. The molecule has 3 aromatic rings. The molecule has 0 saturated heterocycles. The van der Waals surface area contributed by atoms with Gasteiger partial charge in [-0.05, 0) is 36.4 Å². The van der Waals surface area contributed by atoms with E-state index in [1.165, 1.54) is 17.8 Å². The fraction of sp³-hybridized carbons (Fsp3) is 0.286. The first-order valence-electron chi connectivity index (χ1n) is 9.41. The number of carbonyl (C=O) groups is 1. The van der Waals surface area contributed by atoms with Gasteiger partial charge in [0.2, 0.25) is 5.91 Å². The minimum absolute atomic E-state index is 0.0149. The highest BCUT2D eigenvalue weighted by Gasteiger charge is 2.31. The Morgan fingerprint density at radius 2 is 2.14 bits per heavy atom. The van der Waals surface area contributed by atoms with Crippen LogP contribution in [0.4, 0.5) is 4.39 Å². The first-order chi connectivity index (χ1) is 14.2. The largest absolute Gasteiger partial charge is 0.333 e. The molecule has 0 bridgehead atoms. The molecule has 150 valence electrons. The molecule has 0 unspecified atom stereocenters. The Morgan fingerprint density at radius 1 is 1.31 bits per heavy atom. The molecular weight excluding hydrogens is 407 g/mol. The number of aromatic nitrogens is 3. The zero-order valence-electron chi connectivity index (χ0n) is 15.8. The van der Waals surface area contributed by atoms with Crippen LogP contribution in [0.25, 0.3) is 11.4 Å². The lowest BCUT2D eigenvalue weighted by molar-refractivity contribution is -0.128. The number of hydrogen-bond acceptors (Lipinski definition) is 5. The van der Waals surface area contributed by atoms with Crippen LogP contribution in [-0.4, -0.2) is 37.9 Å². The second kappa shape index (κ2) is 8.92. The van der Waals surface area contributed by atoms with Crippen molar-refractivity contribution in [3.05, 3.63) is 65.1 Å². The van der Waals surface area contributed by atoms with Crippen molar-refractivity contribution in [2.24, 2.45) is 0 Å². The molecule has 29 heavy (non-hydrogen) atoms. The molecular formula is C21H21FN4OS2. The summed E-state index contributed by atoms with van der Waals surface area (Å²) in [6.07, 6.45) is 3.77. The first kappa shape index (κ1) is 19.8. The zero-order chi connectivity index (χ0) is 20.2. The molecule has 0 aliphatic heterocycles. The predicted molar refractivity (Wildman–Crippen MR) is 114 cm³/mol. The molecule has 8 heteroatoms. The van der Waals surface area contributed by atoms with Crippen LogP contribution in [0, 0.1) is 5.82 Å². The van der Waals surface area contributed by atoms with Gasteiger partial charge < -0.3 is 4.90 Å². The van der Waals surface area contributed by atoms with E-state index in [4.69, 9.17) is 0 Å². The number of carbonyl (C=O) groups excluding carboxylic acids is 1. The van der Waals surface area contributed by atoms with Gasteiger partial charge in [-0.3, -0.25) is 9.36 Å². The maximum atomic E-state index is 14.3. The van der Waals surface area contributed by atoms with Gasteiger partial charge in [-0.1, -0.05) is 36.0 Å². The van der Waals surface area contributed by atoms with Crippen molar-refractivity contribution < 1.29 is 9.18 Å². The summed E-state index contributed by atoms with van der Waals surface area (Å²) in [5.41, 5.74) is 0.441. The monoisotopic (exact) mass is 428 g/mol. The van der Waals surface area contributed by atoms with Crippen molar-refractivity contribution >= 4 is 29.0 Å². The van der Waals surface area contributed by atoms with E-state index in [9.17, 15) is 9.18 Å². The molecule has 0 N–H and O–H groups in total. The second-order valence-corrected chi connectivity index (χ2v) is 8.79. The number of rotatable bonds is 9. The lowest BCUT2D eigenvalue weighted by Crippen LogP contribution is -2.31. The van der Waals surface area contributed by atoms with Crippen molar-refractivity contribution in [2.75, 3.05) is 12.3 Å². The van der Waals surface area contributed by atoms with Gasteiger partial charge in [-0.15, -0.1) is 28.1 Å². The zero-order valence-corrected chi connectivity index (χ0v) is 17.5. The van der Waals surface area contributed by atoms with Gasteiger partial charge in [0.25, 0.3) is 0 Å². The smallest absolute Gasteiger partial charge is 0.233 e. The van der Waals surface area contributed by atoms with Crippen LogP contribution in [0.3, 0.4) is 0 Å². The van der Waals surface area contributed by atoms with Crippen LogP contribution in [-0.2, 0) is 11.3 Å². The average molecular weight is 429 g/mol. The van der Waals surface area contributed by atoms with Crippen LogP contribution in [0.2, 0.25) is 0 Å². The number of hydrogen-bond donors (Lipinski definition) is 0. The van der Waals surface area contributed by atoms with E-state index in [0.717, 1.165) is 17.7 Å². The van der Waals surface area contributed by atoms with Gasteiger partial charge in [0, 0.05) is 17.5 Å². The van der Waals surface area contributed by atoms with Gasteiger partial charge in [-0.25, -0.2) is 4.39 Å². The Kier molecular flexibility index (Phi) is 6.10. The third-order valence-corrected chi connectivity index (χ3v) is 6.43. The van der Waals surface area contributed by atoms with Gasteiger partial charge in [-0.2, -0.15) is 0 Å². The lowest BCUT2D eigenvalue weighted by Gasteiger charge is -2.20. The van der Waals surface area contributed by atoms with Crippen molar-refractivity contribution in [3.63, 3.8) is 0 Å². The van der Waals surface area contributed by atoms with Gasteiger partial charge in [0.15, 0.2) is 11.0 Å². The van der Waals surface area contributed by atoms with E-state index in [-0.39, 0.29) is 23.5 Å². The molecule has 1 fully saturated rings. The van der Waals surface area contributed by atoms with E-state index >= 15 is 0 Å². The number of nitrogens with zero attached hydrogens (tertiary/aromatic N) is 4. The number of amides is 1. The maximum Gasteiger partial charge on any atom is 0.233 e. The second-order valence-electron chi connectivity index (χ2n) is 6.82. The maximum absolute atomic E-state index is 14.3. The summed E-state index contributed by atoms with van der Waals surface area (Å²) in [7, 11) is 0. The fourth-order valence-corrected chi connectivity index (χ4v) is 4.71. The van der Waals surface area contributed by atoms with E-state index in [2.05, 4.69) is 16.8 Å². The van der Waals surface area contributed by atoms with Crippen molar-refractivity contribution in [3.8, 4) is 11.4 Å². The average Bonchev–Trinajstić information content (AvgIpc) is 3.26. The number of thioether (sulfide) groups is 1. The summed E-state index contributed by atoms with van der Waals surface area (Å²) in [6.45, 7) is 4.82. The molecule has 1 amide bonds. The third-order valence-electron chi connectivity index (χ3n) is 4.65. The molecule has 2 heterocycles. The van der Waals surface area contributed by atoms with Crippen LogP contribution < -0.4 is 0 Å². The Morgan fingerprint density at radius 3 is 2.83 bits per heavy atom. The Labute approximate surface area is 177 Å². The molecule has 1 aliphatic rings. The van der Waals surface area contributed by atoms with Crippen LogP contribution in [0.1, 0.15) is 23.8 Å². The van der Waals surface area contributed by atoms with Gasteiger partial charge in [0.05, 0.1) is 17.9 Å². The quantitative estimate of drug-likeness (QED) is 0.363. The molecule has 0 spiro atoms. The topological polar surface area (TPSA) is 51.0 Å². The minimum Gasteiger partial charge on any atom is -0.333 e. The SMILES string of the molecule is C=CCN(Cc1cccs1)C(=O)CSc1nnc(-c2ccccc2F)n1C1CC1. The summed E-state index contributed by atoms with van der Waals surface area (Å²) < 4.78 is 16.3. The van der Waals surface area contributed by atoms with Crippen LogP contribution in [0.15, 0.2) is 59.6 Å². The highest BCUT2D eigenvalue weighted by atomic mass is 32.2. The van der Waals surface area contributed by atoms with E-state index in [0.29, 0.717) is 29.6 Å². The number of thiophene rings is 1.